The van der Waals surface area contributed by atoms with Gasteiger partial charge in [0.1, 0.15) is 0 Å². The molecule has 13 heavy (non-hydrogen) atoms. The van der Waals surface area contributed by atoms with Crippen LogP contribution in [0.3, 0.4) is 0 Å². The lowest BCUT2D eigenvalue weighted by Crippen LogP contribution is -2.52. The molecular formula is C9H15NO3. The molecule has 0 radical (unpaired) electrons. The second-order valence-electron chi connectivity index (χ2n) is 2.82. The average Bonchev–Trinajstić information content (AvgIpc) is 2.04. The molecule has 1 amide bonds. The van der Waals surface area contributed by atoms with E-state index in [0.29, 0.717) is 0 Å². The fourth-order valence-corrected chi connectivity index (χ4v) is 0.974. The van der Waals surface area contributed by atoms with Gasteiger partial charge in [0.25, 0.3) is 5.91 Å². The highest BCUT2D eigenvalue weighted by molar-refractivity contribution is 5.84. The smallest absolute Gasteiger partial charge is 0.252 e. The molecule has 0 aliphatic rings. The van der Waals surface area contributed by atoms with Crippen LogP contribution in [0.5, 0.6) is 0 Å². The number of amides is 1. The van der Waals surface area contributed by atoms with Crippen LogP contribution in [0.2, 0.25) is 0 Å². The third-order valence-electron chi connectivity index (χ3n) is 1.82. The highest BCUT2D eigenvalue weighted by atomic mass is 16.4. The largest absolute Gasteiger partial charge is 0.389 e. The Kier molecular flexibility index (Phi) is 4.37. The maximum absolute atomic E-state index is 10.9. The van der Waals surface area contributed by atoms with Gasteiger partial charge in [0, 0.05) is 6.42 Å². The van der Waals surface area contributed by atoms with Crippen LogP contribution in [0.25, 0.3) is 0 Å². The van der Waals surface area contributed by atoms with Crippen LogP contribution in [0.15, 0.2) is 25.3 Å². The predicted octanol–water partition coefficient (Wildman–Crippen LogP) is -0.284. The zero-order valence-electron chi connectivity index (χ0n) is 7.44. The van der Waals surface area contributed by atoms with Gasteiger partial charge in [-0.3, -0.25) is 4.79 Å². The number of aliphatic hydroxyl groups is 2. The summed E-state index contributed by atoms with van der Waals surface area (Å²) in [6, 6.07) is 0. The van der Waals surface area contributed by atoms with Gasteiger partial charge in [-0.25, -0.2) is 0 Å². The van der Waals surface area contributed by atoms with Crippen LogP contribution in [-0.4, -0.2) is 27.8 Å². The van der Waals surface area contributed by atoms with Crippen LogP contribution in [0, 0.1) is 0 Å². The van der Waals surface area contributed by atoms with Crippen molar-refractivity contribution in [1.29, 1.82) is 0 Å². The van der Waals surface area contributed by atoms with E-state index in [4.69, 9.17) is 5.73 Å². The molecule has 4 nitrogen and oxygen atoms in total. The summed E-state index contributed by atoms with van der Waals surface area (Å²) in [5.41, 5.74) is 3.02. The summed E-state index contributed by atoms with van der Waals surface area (Å²) in [6.45, 7) is 6.75. The Morgan fingerprint density at radius 3 is 2.38 bits per heavy atom. The van der Waals surface area contributed by atoms with E-state index >= 15 is 0 Å². The minimum absolute atomic E-state index is 0.0721. The van der Waals surface area contributed by atoms with Crippen molar-refractivity contribution in [3.8, 4) is 0 Å². The zero-order valence-corrected chi connectivity index (χ0v) is 7.44. The summed E-state index contributed by atoms with van der Waals surface area (Å²) < 4.78 is 0. The SMILES string of the molecule is C=CCC(O)C(O)(CC=C)C(N)=O. The summed E-state index contributed by atoms with van der Waals surface area (Å²) in [7, 11) is 0. The molecule has 0 aromatic carbocycles. The fourth-order valence-electron chi connectivity index (χ4n) is 0.974. The Hall–Kier alpha value is -1.13. The van der Waals surface area contributed by atoms with Gasteiger partial charge in [0.15, 0.2) is 5.60 Å². The summed E-state index contributed by atoms with van der Waals surface area (Å²) in [6.07, 6.45) is 1.53. The number of rotatable bonds is 6. The maximum atomic E-state index is 10.9. The average molecular weight is 185 g/mol. The topological polar surface area (TPSA) is 83.6 Å². The van der Waals surface area contributed by atoms with E-state index < -0.39 is 17.6 Å². The van der Waals surface area contributed by atoms with Gasteiger partial charge in [0.05, 0.1) is 6.10 Å². The fraction of sp³-hybridized carbons (Fsp3) is 0.444. The van der Waals surface area contributed by atoms with Gasteiger partial charge in [-0.1, -0.05) is 12.2 Å². The molecule has 0 aliphatic carbocycles. The quantitative estimate of drug-likeness (QED) is 0.497. The number of aliphatic hydroxyl groups excluding tert-OH is 1. The van der Waals surface area contributed by atoms with Crippen LogP contribution < -0.4 is 5.73 Å². The summed E-state index contributed by atoms with van der Waals surface area (Å²) >= 11 is 0. The first-order valence-corrected chi connectivity index (χ1v) is 3.91. The molecule has 0 heterocycles. The van der Waals surface area contributed by atoms with Crippen LogP contribution in [-0.2, 0) is 4.79 Å². The van der Waals surface area contributed by atoms with Crippen molar-refractivity contribution in [2.75, 3.05) is 0 Å². The van der Waals surface area contributed by atoms with Gasteiger partial charge in [0.2, 0.25) is 0 Å². The monoisotopic (exact) mass is 185 g/mol. The molecule has 0 aromatic heterocycles. The van der Waals surface area contributed by atoms with E-state index in [9.17, 15) is 15.0 Å². The number of nitrogens with two attached hydrogens (primary N) is 1. The van der Waals surface area contributed by atoms with E-state index in [0.717, 1.165) is 0 Å². The van der Waals surface area contributed by atoms with E-state index in [1.54, 1.807) is 0 Å². The van der Waals surface area contributed by atoms with Crippen LogP contribution >= 0.6 is 0 Å². The Morgan fingerprint density at radius 2 is 2.08 bits per heavy atom. The summed E-state index contributed by atoms with van der Waals surface area (Å²) in [4.78, 5) is 10.9. The normalized spacial score (nSPS) is 17.1. The zero-order chi connectivity index (χ0) is 10.5. The van der Waals surface area contributed by atoms with E-state index in [2.05, 4.69) is 13.2 Å². The Morgan fingerprint density at radius 1 is 1.54 bits per heavy atom. The van der Waals surface area contributed by atoms with Crippen molar-refractivity contribution >= 4 is 5.91 Å². The molecule has 0 aromatic rings. The molecule has 4 heteroatoms. The Balaban J connectivity index is 4.65. The molecule has 0 saturated carbocycles. The molecule has 2 unspecified atom stereocenters. The first-order chi connectivity index (χ1) is 5.99. The lowest BCUT2D eigenvalue weighted by Gasteiger charge is -2.27. The molecule has 0 spiro atoms. The maximum Gasteiger partial charge on any atom is 0.252 e. The van der Waals surface area contributed by atoms with Gasteiger partial charge < -0.3 is 15.9 Å². The second kappa shape index (κ2) is 4.79. The highest BCUT2D eigenvalue weighted by Crippen LogP contribution is 2.18. The second-order valence-corrected chi connectivity index (χ2v) is 2.82. The third-order valence-corrected chi connectivity index (χ3v) is 1.82. The molecule has 0 aliphatic heterocycles. The number of hydrogen-bond donors (Lipinski definition) is 3. The molecule has 0 fully saturated rings. The standard InChI is InChI=1S/C9H15NO3/c1-3-5-7(11)9(13,6-4-2)8(10)12/h3-4,7,11,13H,1-2,5-6H2,(H2,10,12). The Labute approximate surface area is 77.4 Å². The first-order valence-electron chi connectivity index (χ1n) is 3.91. The highest BCUT2D eigenvalue weighted by Gasteiger charge is 2.39. The van der Waals surface area contributed by atoms with Gasteiger partial charge >= 0.3 is 0 Å². The molecule has 2 atom stereocenters. The van der Waals surface area contributed by atoms with Gasteiger partial charge in [-0.2, -0.15) is 0 Å². The van der Waals surface area contributed by atoms with E-state index in [1.807, 2.05) is 0 Å². The Bertz CT molecular complexity index is 215. The molecule has 0 rings (SSSR count). The minimum atomic E-state index is -1.93. The molecule has 4 N–H and O–H groups in total. The summed E-state index contributed by atoms with van der Waals surface area (Å²) in [5.74, 6) is -0.957. The van der Waals surface area contributed by atoms with Gasteiger partial charge in [-0.05, 0) is 6.42 Å². The van der Waals surface area contributed by atoms with Crippen LogP contribution in [0.4, 0.5) is 0 Å². The molecule has 0 bridgehead atoms. The number of primary amides is 1. The van der Waals surface area contributed by atoms with E-state index in [1.165, 1.54) is 12.2 Å². The lowest BCUT2D eigenvalue weighted by atomic mass is 9.90. The predicted molar refractivity (Wildman–Crippen MR) is 49.8 cm³/mol. The number of hydrogen-bond acceptors (Lipinski definition) is 3. The van der Waals surface area contributed by atoms with Crippen molar-refractivity contribution in [2.24, 2.45) is 5.73 Å². The number of carbonyl (C=O) groups is 1. The molecule has 0 saturated heterocycles. The van der Waals surface area contributed by atoms with Crippen molar-refractivity contribution in [2.45, 2.75) is 24.5 Å². The first kappa shape index (κ1) is 11.9. The minimum Gasteiger partial charge on any atom is -0.389 e. The molecule has 74 valence electrons. The van der Waals surface area contributed by atoms with E-state index in [-0.39, 0.29) is 12.8 Å². The van der Waals surface area contributed by atoms with Gasteiger partial charge in [-0.15, -0.1) is 13.2 Å². The molecular weight excluding hydrogens is 170 g/mol. The van der Waals surface area contributed by atoms with Crippen molar-refractivity contribution in [3.63, 3.8) is 0 Å². The number of carbonyl (C=O) groups excluding carboxylic acids is 1. The van der Waals surface area contributed by atoms with Crippen molar-refractivity contribution in [1.82, 2.24) is 0 Å². The van der Waals surface area contributed by atoms with Crippen molar-refractivity contribution in [3.05, 3.63) is 25.3 Å². The van der Waals surface area contributed by atoms with Crippen molar-refractivity contribution < 1.29 is 15.0 Å². The third kappa shape index (κ3) is 2.68. The summed E-state index contributed by atoms with van der Waals surface area (Å²) in [5, 5.41) is 19.0. The van der Waals surface area contributed by atoms with Crippen LogP contribution in [0.1, 0.15) is 12.8 Å². The lowest BCUT2D eigenvalue weighted by molar-refractivity contribution is -0.148.